The SMILES string of the molecule is COc1ccc(CON=C(C)c2cc(-c3ccc(F)cc3)n(-c3cccc(OC)c3)c2C)cc1. The summed E-state index contributed by atoms with van der Waals surface area (Å²) in [4.78, 5) is 5.65. The molecule has 0 unspecified atom stereocenters. The van der Waals surface area contributed by atoms with Crippen molar-refractivity contribution in [3.63, 3.8) is 0 Å². The lowest BCUT2D eigenvalue weighted by molar-refractivity contribution is 0.130. The van der Waals surface area contributed by atoms with Crippen LogP contribution in [-0.2, 0) is 11.4 Å². The van der Waals surface area contributed by atoms with Gasteiger partial charge in [0.2, 0.25) is 0 Å². The van der Waals surface area contributed by atoms with Crippen molar-refractivity contribution in [3.05, 3.63) is 102 Å². The molecule has 6 heteroatoms. The summed E-state index contributed by atoms with van der Waals surface area (Å²) >= 11 is 0. The standard InChI is InChI=1S/C28H27FN2O3/c1-19(30-34-18-21-8-14-25(32-3)15-9-21)27-17-28(22-10-12-23(29)13-11-22)31(20(27)2)24-6-5-7-26(16-24)33-4/h5-17H,18H2,1-4H3. The largest absolute Gasteiger partial charge is 0.497 e. The molecule has 0 aliphatic carbocycles. The molecule has 4 rings (SSSR count). The molecule has 3 aromatic carbocycles. The fraction of sp³-hybridized carbons (Fsp3) is 0.179. The van der Waals surface area contributed by atoms with Crippen molar-refractivity contribution in [2.75, 3.05) is 14.2 Å². The first kappa shape index (κ1) is 23.1. The number of benzene rings is 3. The van der Waals surface area contributed by atoms with Crippen LogP contribution in [0.25, 0.3) is 16.9 Å². The van der Waals surface area contributed by atoms with E-state index in [1.165, 1.54) is 12.1 Å². The molecular formula is C28H27FN2O3. The Hall–Kier alpha value is -4.06. The van der Waals surface area contributed by atoms with Gasteiger partial charge in [0.25, 0.3) is 0 Å². The molecule has 1 aromatic heterocycles. The van der Waals surface area contributed by atoms with Crippen molar-refractivity contribution >= 4 is 5.71 Å². The zero-order chi connectivity index (χ0) is 24.1. The van der Waals surface area contributed by atoms with E-state index in [-0.39, 0.29) is 5.82 Å². The molecule has 0 atom stereocenters. The molecule has 0 saturated heterocycles. The third kappa shape index (κ3) is 4.96. The van der Waals surface area contributed by atoms with Gasteiger partial charge >= 0.3 is 0 Å². The molecule has 0 saturated carbocycles. The van der Waals surface area contributed by atoms with E-state index in [0.29, 0.717) is 6.61 Å². The van der Waals surface area contributed by atoms with Crippen LogP contribution in [0.1, 0.15) is 23.7 Å². The summed E-state index contributed by atoms with van der Waals surface area (Å²) in [6.45, 7) is 4.30. The number of ether oxygens (including phenoxy) is 2. The Morgan fingerprint density at radius 3 is 2.26 bits per heavy atom. The van der Waals surface area contributed by atoms with E-state index >= 15 is 0 Å². The average molecular weight is 459 g/mol. The first-order valence-electron chi connectivity index (χ1n) is 10.9. The van der Waals surface area contributed by atoms with Gasteiger partial charge in [-0.25, -0.2) is 4.39 Å². The molecule has 0 bridgehead atoms. The topological polar surface area (TPSA) is 45.0 Å². The Bertz CT molecular complexity index is 1290. The zero-order valence-electron chi connectivity index (χ0n) is 19.7. The van der Waals surface area contributed by atoms with Crippen molar-refractivity contribution in [3.8, 4) is 28.4 Å². The summed E-state index contributed by atoms with van der Waals surface area (Å²) in [5.74, 6) is 1.28. The number of oxime groups is 1. The van der Waals surface area contributed by atoms with Crippen LogP contribution in [0, 0.1) is 12.7 Å². The number of halogens is 1. The van der Waals surface area contributed by atoms with Gasteiger partial charge in [-0.3, -0.25) is 0 Å². The first-order valence-corrected chi connectivity index (χ1v) is 10.9. The molecule has 0 amide bonds. The van der Waals surface area contributed by atoms with Crippen molar-refractivity contribution in [2.45, 2.75) is 20.5 Å². The predicted molar refractivity (Wildman–Crippen MR) is 132 cm³/mol. The van der Waals surface area contributed by atoms with Crippen molar-refractivity contribution in [1.82, 2.24) is 4.57 Å². The normalized spacial score (nSPS) is 11.4. The second kappa shape index (κ2) is 10.3. The zero-order valence-corrected chi connectivity index (χ0v) is 19.7. The van der Waals surface area contributed by atoms with Crippen LogP contribution in [0.5, 0.6) is 11.5 Å². The molecule has 5 nitrogen and oxygen atoms in total. The van der Waals surface area contributed by atoms with Crippen LogP contribution in [0.2, 0.25) is 0 Å². The van der Waals surface area contributed by atoms with Gasteiger partial charge in [0.15, 0.2) is 0 Å². The molecule has 4 aromatic rings. The van der Waals surface area contributed by atoms with Crippen LogP contribution < -0.4 is 9.47 Å². The number of hydrogen-bond acceptors (Lipinski definition) is 4. The minimum atomic E-state index is -0.273. The smallest absolute Gasteiger partial charge is 0.142 e. The Balaban J connectivity index is 1.69. The van der Waals surface area contributed by atoms with Gasteiger partial charge in [0, 0.05) is 23.0 Å². The van der Waals surface area contributed by atoms with Gasteiger partial charge < -0.3 is 18.9 Å². The summed E-state index contributed by atoms with van der Waals surface area (Å²) in [5.41, 5.74) is 6.43. The number of methoxy groups -OCH3 is 2. The van der Waals surface area contributed by atoms with E-state index in [0.717, 1.165) is 51.0 Å². The Morgan fingerprint density at radius 1 is 0.882 bits per heavy atom. The molecule has 0 spiro atoms. The van der Waals surface area contributed by atoms with Crippen LogP contribution in [0.3, 0.4) is 0 Å². The number of rotatable bonds is 8. The van der Waals surface area contributed by atoms with Crippen molar-refractivity contribution < 1.29 is 18.7 Å². The van der Waals surface area contributed by atoms with Crippen molar-refractivity contribution in [2.24, 2.45) is 5.16 Å². The second-order valence-electron chi connectivity index (χ2n) is 7.87. The van der Waals surface area contributed by atoms with E-state index in [1.807, 2.05) is 62.4 Å². The summed E-state index contributed by atoms with van der Waals surface area (Å²) < 4.78 is 26.3. The molecule has 34 heavy (non-hydrogen) atoms. The Kier molecular flexibility index (Phi) is 6.97. The van der Waals surface area contributed by atoms with Gasteiger partial charge in [-0.2, -0.15) is 0 Å². The fourth-order valence-corrected chi connectivity index (χ4v) is 3.86. The third-order valence-electron chi connectivity index (χ3n) is 5.68. The second-order valence-corrected chi connectivity index (χ2v) is 7.87. The molecule has 0 aliphatic heterocycles. The summed E-state index contributed by atoms with van der Waals surface area (Å²) in [7, 11) is 3.28. The van der Waals surface area contributed by atoms with E-state index in [1.54, 1.807) is 26.4 Å². The monoisotopic (exact) mass is 458 g/mol. The van der Waals surface area contributed by atoms with Crippen molar-refractivity contribution in [1.29, 1.82) is 0 Å². The van der Waals surface area contributed by atoms with Crippen LogP contribution in [0.4, 0.5) is 4.39 Å². The lowest BCUT2D eigenvalue weighted by Crippen LogP contribution is -2.03. The number of hydrogen-bond donors (Lipinski definition) is 0. The minimum absolute atomic E-state index is 0.273. The molecule has 174 valence electrons. The fourth-order valence-electron chi connectivity index (χ4n) is 3.86. The lowest BCUT2D eigenvalue weighted by Gasteiger charge is -2.13. The highest BCUT2D eigenvalue weighted by Crippen LogP contribution is 2.31. The first-order chi connectivity index (χ1) is 16.5. The van der Waals surface area contributed by atoms with Gasteiger partial charge in [-0.1, -0.05) is 23.4 Å². The Morgan fingerprint density at radius 2 is 1.59 bits per heavy atom. The summed E-state index contributed by atoms with van der Waals surface area (Å²) in [5, 5.41) is 4.37. The summed E-state index contributed by atoms with van der Waals surface area (Å²) in [6.07, 6.45) is 0. The molecular weight excluding hydrogens is 431 g/mol. The molecule has 0 N–H and O–H groups in total. The van der Waals surface area contributed by atoms with E-state index in [9.17, 15) is 4.39 Å². The number of nitrogens with zero attached hydrogens (tertiary/aromatic N) is 2. The Labute approximate surface area is 199 Å². The van der Waals surface area contributed by atoms with Gasteiger partial charge in [0.05, 0.1) is 25.6 Å². The lowest BCUT2D eigenvalue weighted by atomic mass is 10.1. The molecule has 0 radical (unpaired) electrons. The van der Waals surface area contributed by atoms with Crippen LogP contribution in [-0.4, -0.2) is 24.5 Å². The minimum Gasteiger partial charge on any atom is -0.497 e. The average Bonchev–Trinajstić information content (AvgIpc) is 3.22. The van der Waals surface area contributed by atoms with Gasteiger partial charge in [-0.05, 0) is 79.6 Å². The van der Waals surface area contributed by atoms with Crippen LogP contribution >= 0.6 is 0 Å². The van der Waals surface area contributed by atoms with E-state index in [2.05, 4.69) is 15.8 Å². The van der Waals surface area contributed by atoms with Gasteiger partial charge in [-0.15, -0.1) is 0 Å². The maximum Gasteiger partial charge on any atom is 0.142 e. The van der Waals surface area contributed by atoms with Gasteiger partial charge in [0.1, 0.15) is 23.9 Å². The third-order valence-corrected chi connectivity index (χ3v) is 5.68. The molecule has 0 fully saturated rings. The number of aromatic nitrogens is 1. The highest BCUT2D eigenvalue weighted by Gasteiger charge is 2.17. The highest BCUT2D eigenvalue weighted by molar-refractivity contribution is 6.01. The van der Waals surface area contributed by atoms with E-state index < -0.39 is 0 Å². The maximum atomic E-state index is 13.6. The molecule has 0 aliphatic rings. The highest BCUT2D eigenvalue weighted by atomic mass is 19.1. The quantitative estimate of drug-likeness (QED) is 0.222. The molecule has 1 heterocycles. The van der Waals surface area contributed by atoms with Crippen LogP contribution in [0.15, 0.2) is 84.0 Å². The predicted octanol–water partition coefficient (Wildman–Crippen LogP) is 6.55. The maximum absolute atomic E-state index is 13.6. The summed E-state index contributed by atoms with van der Waals surface area (Å²) in [6, 6.07) is 24.0. The van der Waals surface area contributed by atoms with E-state index in [4.69, 9.17) is 14.3 Å².